The zero-order chi connectivity index (χ0) is 13.1. The minimum atomic E-state index is 0. The number of anilines is 1. The van der Waals surface area contributed by atoms with E-state index in [4.69, 9.17) is 0 Å². The van der Waals surface area contributed by atoms with E-state index in [-0.39, 0.29) is 24.2 Å². The number of halogens is 1. The summed E-state index contributed by atoms with van der Waals surface area (Å²) in [6.07, 6.45) is 0.906. The first-order valence-electron chi connectivity index (χ1n) is 6.35. The van der Waals surface area contributed by atoms with Crippen LogP contribution in [0.5, 0.6) is 0 Å². The molecule has 2 N–H and O–H groups in total. The lowest BCUT2D eigenvalue weighted by Crippen LogP contribution is -2.24. The van der Waals surface area contributed by atoms with Crippen LogP contribution in [0, 0.1) is 5.92 Å². The van der Waals surface area contributed by atoms with Crippen LogP contribution in [0.2, 0.25) is 0 Å². The Labute approximate surface area is 128 Å². The van der Waals surface area contributed by atoms with Gasteiger partial charge in [0.05, 0.1) is 11.6 Å². The Hall–Kier alpha value is -1.43. The van der Waals surface area contributed by atoms with Crippen LogP contribution in [0.1, 0.15) is 6.42 Å². The van der Waals surface area contributed by atoms with Gasteiger partial charge in [0, 0.05) is 17.5 Å². The maximum atomic E-state index is 12.0. The number of nitrogens with one attached hydrogen (secondary N) is 2. The van der Waals surface area contributed by atoms with Crippen molar-refractivity contribution in [1.82, 2.24) is 10.3 Å². The maximum Gasteiger partial charge on any atom is 0.230 e. The van der Waals surface area contributed by atoms with Gasteiger partial charge in [0.25, 0.3) is 0 Å². The molecule has 1 unspecified atom stereocenters. The highest BCUT2D eigenvalue weighted by Gasteiger charge is 2.23. The van der Waals surface area contributed by atoms with Crippen molar-refractivity contribution in [2.75, 3.05) is 18.4 Å². The molecule has 2 aromatic rings. The van der Waals surface area contributed by atoms with E-state index in [0.29, 0.717) is 5.13 Å². The van der Waals surface area contributed by atoms with E-state index in [9.17, 15) is 4.79 Å². The molecule has 1 aromatic carbocycles. The van der Waals surface area contributed by atoms with Crippen molar-refractivity contribution in [3.8, 4) is 11.3 Å². The van der Waals surface area contributed by atoms with Crippen molar-refractivity contribution in [2.24, 2.45) is 5.92 Å². The van der Waals surface area contributed by atoms with Crippen molar-refractivity contribution in [3.63, 3.8) is 0 Å². The molecule has 20 heavy (non-hydrogen) atoms. The number of amides is 1. The maximum absolute atomic E-state index is 12.0. The van der Waals surface area contributed by atoms with Gasteiger partial charge < -0.3 is 10.6 Å². The summed E-state index contributed by atoms with van der Waals surface area (Å²) in [6.45, 7) is 1.69. The lowest BCUT2D eigenvalue weighted by molar-refractivity contribution is -0.119. The molecule has 3 rings (SSSR count). The highest BCUT2D eigenvalue weighted by atomic mass is 35.5. The molecule has 1 aliphatic rings. The Morgan fingerprint density at radius 1 is 1.35 bits per heavy atom. The molecule has 0 spiro atoms. The fourth-order valence-electron chi connectivity index (χ4n) is 2.16. The Morgan fingerprint density at radius 3 is 2.85 bits per heavy atom. The first-order chi connectivity index (χ1) is 9.33. The Balaban J connectivity index is 0.00000147. The second kappa shape index (κ2) is 6.83. The van der Waals surface area contributed by atoms with Crippen LogP contribution in [-0.4, -0.2) is 24.0 Å². The van der Waals surface area contributed by atoms with Crippen LogP contribution in [-0.2, 0) is 4.79 Å². The molecule has 1 fully saturated rings. The van der Waals surface area contributed by atoms with Crippen molar-refractivity contribution in [1.29, 1.82) is 0 Å². The molecule has 1 aromatic heterocycles. The molecule has 0 bridgehead atoms. The molecule has 0 aliphatic carbocycles. The van der Waals surface area contributed by atoms with Gasteiger partial charge in [-0.1, -0.05) is 30.3 Å². The number of nitrogens with zero attached hydrogens (tertiary/aromatic N) is 1. The summed E-state index contributed by atoms with van der Waals surface area (Å²) in [5.41, 5.74) is 1.98. The van der Waals surface area contributed by atoms with E-state index in [0.717, 1.165) is 30.8 Å². The third-order valence-corrected chi connectivity index (χ3v) is 3.99. The topological polar surface area (TPSA) is 54.0 Å². The molecule has 6 heteroatoms. The summed E-state index contributed by atoms with van der Waals surface area (Å²) in [5, 5.41) is 8.74. The predicted octanol–water partition coefficient (Wildman–Crippen LogP) is 2.78. The highest BCUT2D eigenvalue weighted by Crippen LogP contribution is 2.25. The largest absolute Gasteiger partial charge is 0.316 e. The second-order valence-corrected chi connectivity index (χ2v) is 5.44. The molecule has 1 saturated heterocycles. The fourth-order valence-corrected chi connectivity index (χ4v) is 2.88. The van der Waals surface area contributed by atoms with Gasteiger partial charge >= 0.3 is 0 Å². The van der Waals surface area contributed by atoms with Crippen molar-refractivity contribution >= 4 is 34.8 Å². The zero-order valence-corrected chi connectivity index (χ0v) is 12.5. The predicted molar refractivity (Wildman–Crippen MR) is 84.4 cm³/mol. The zero-order valence-electron chi connectivity index (χ0n) is 10.8. The Bertz CT molecular complexity index is 567. The Kier molecular flexibility index (Phi) is 5.11. The molecule has 2 heterocycles. The number of aromatic nitrogens is 1. The number of benzene rings is 1. The van der Waals surface area contributed by atoms with E-state index in [1.807, 2.05) is 35.7 Å². The second-order valence-electron chi connectivity index (χ2n) is 4.58. The van der Waals surface area contributed by atoms with E-state index >= 15 is 0 Å². The van der Waals surface area contributed by atoms with Crippen LogP contribution in [0.25, 0.3) is 11.3 Å². The summed E-state index contributed by atoms with van der Waals surface area (Å²) in [5.74, 6) is 0.142. The fraction of sp³-hybridized carbons (Fsp3) is 0.286. The van der Waals surface area contributed by atoms with Crippen LogP contribution in [0.4, 0.5) is 5.13 Å². The summed E-state index contributed by atoms with van der Waals surface area (Å²) in [7, 11) is 0. The standard InChI is InChI=1S/C14H15N3OS.ClH/c18-13(11-6-7-15-8-11)17-14-16-12(9-19-14)10-4-2-1-3-5-10;/h1-5,9,11,15H,6-8H2,(H,16,17,18);1H. The SMILES string of the molecule is Cl.O=C(Nc1nc(-c2ccccc2)cs1)C1CCNC1. The van der Waals surface area contributed by atoms with E-state index in [2.05, 4.69) is 15.6 Å². The van der Waals surface area contributed by atoms with Gasteiger partial charge in [-0.15, -0.1) is 23.7 Å². The number of hydrogen-bond donors (Lipinski definition) is 2. The van der Waals surface area contributed by atoms with E-state index in [1.54, 1.807) is 0 Å². The number of hydrogen-bond acceptors (Lipinski definition) is 4. The van der Waals surface area contributed by atoms with Crippen LogP contribution >= 0.6 is 23.7 Å². The smallest absolute Gasteiger partial charge is 0.230 e. The summed E-state index contributed by atoms with van der Waals surface area (Å²) < 4.78 is 0. The molecule has 1 atom stereocenters. The van der Waals surface area contributed by atoms with E-state index < -0.39 is 0 Å². The van der Waals surface area contributed by atoms with Gasteiger partial charge in [0.2, 0.25) is 5.91 Å². The molecule has 0 radical (unpaired) electrons. The average Bonchev–Trinajstić information content (AvgIpc) is 3.11. The van der Waals surface area contributed by atoms with Gasteiger partial charge in [-0.3, -0.25) is 4.79 Å². The number of carbonyl (C=O) groups excluding carboxylic acids is 1. The molecule has 0 saturated carbocycles. The first kappa shape index (κ1) is 15.0. The first-order valence-corrected chi connectivity index (χ1v) is 7.23. The van der Waals surface area contributed by atoms with Crippen LogP contribution in [0.15, 0.2) is 35.7 Å². The third-order valence-electron chi connectivity index (χ3n) is 3.23. The summed E-state index contributed by atoms with van der Waals surface area (Å²) in [4.78, 5) is 16.4. The quantitative estimate of drug-likeness (QED) is 0.916. The Morgan fingerprint density at radius 2 is 2.15 bits per heavy atom. The monoisotopic (exact) mass is 309 g/mol. The normalized spacial score (nSPS) is 17.5. The molecular formula is C14H16ClN3OS. The van der Waals surface area contributed by atoms with Crippen molar-refractivity contribution in [2.45, 2.75) is 6.42 Å². The molecule has 1 amide bonds. The number of thiazole rings is 1. The molecular weight excluding hydrogens is 294 g/mol. The number of carbonyl (C=O) groups is 1. The minimum absolute atomic E-state index is 0. The number of rotatable bonds is 3. The summed E-state index contributed by atoms with van der Waals surface area (Å²) in [6, 6.07) is 9.98. The highest BCUT2D eigenvalue weighted by molar-refractivity contribution is 7.14. The van der Waals surface area contributed by atoms with Gasteiger partial charge in [-0.05, 0) is 13.0 Å². The summed E-state index contributed by atoms with van der Waals surface area (Å²) >= 11 is 1.47. The minimum Gasteiger partial charge on any atom is -0.316 e. The van der Waals surface area contributed by atoms with Gasteiger partial charge in [-0.2, -0.15) is 0 Å². The third kappa shape index (κ3) is 3.36. The molecule has 4 nitrogen and oxygen atoms in total. The van der Waals surface area contributed by atoms with Crippen molar-refractivity contribution in [3.05, 3.63) is 35.7 Å². The van der Waals surface area contributed by atoms with E-state index in [1.165, 1.54) is 11.3 Å². The van der Waals surface area contributed by atoms with Gasteiger partial charge in [0.15, 0.2) is 5.13 Å². The van der Waals surface area contributed by atoms with Gasteiger partial charge in [-0.25, -0.2) is 4.98 Å². The lowest BCUT2D eigenvalue weighted by atomic mass is 10.1. The van der Waals surface area contributed by atoms with Gasteiger partial charge in [0.1, 0.15) is 0 Å². The van der Waals surface area contributed by atoms with Crippen LogP contribution < -0.4 is 10.6 Å². The average molecular weight is 310 g/mol. The van der Waals surface area contributed by atoms with Crippen LogP contribution in [0.3, 0.4) is 0 Å². The molecule has 1 aliphatic heterocycles. The lowest BCUT2D eigenvalue weighted by Gasteiger charge is -2.06. The molecule has 106 valence electrons. The van der Waals surface area contributed by atoms with Crippen molar-refractivity contribution < 1.29 is 4.79 Å².